The van der Waals surface area contributed by atoms with Crippen LogP contribution in [0.1, 0.15) is 37.6 Å². The molecular weight excluding hydrogens is 616 g/mol. The van der Waals surface area contributed by atoms with Crippen LogP contribution in [0, 0.1) is 5.82 Å². The fourth-order valence-corrected chi connectivity index (χ4v) is 7.52. The largest absolute Gasteiger partial charge is 0.291 e. The van der Waals surface area contributed by atoms with Crippen molar-refractivity contribution in [3.63, 3.8) is 0 Å². The molecule has 4 aromatic rings. The zero-order valence-corrected chi connectivity index (χ0v) is 25.7. The van der Waals surface area contributed by atoms with Crippen molar-refractivity contribution < 1.29 is 21.2 Å². The maximum atomic E-state index is 13.8. The van der Waals surface area contributed by atoms with E-state index in [0.717, 1.165) is 11.3 Å². The van der Waals surface area contributed by atoms with Gasteiger partial charge in [0.15, 0.2) is 15.0 Å². The van der Waals surface area contributed by atoms with Crippen molar-refractivity contribution in [2.75, 3.05) is 5.75 Å². The normalized spacial score (nSPS) is 12.6. The number of hydrogen-bond acceptors (Lipinski definition) is 6. The lowest BCUT2D eigenvalue weighted by Gasteiger charge is -2.28. The molecule has 1 heterocycles. The first kappa shape index (κ1) is 30.5. The van der Waals surface area contributed by atoms with Gasteiger partial charge in [0, 0.05) is 21.9 Å². The fourth-order valence-electron chi connectivity index (χ4n) is 4.13. The highest BCUT2D eigenvalue weighted by Crippen LogP contribution is 2.39. The summed E-state index contributed by atoms with van der Waals surface area (Å²) in [6.07, 6.45) is 1.70. The first-order chi connectivity index (χ1) is 18.6. The van der Waals surface area contributed by atoms with Crippen molar-refractivity contribution in [3.8, 4) is 5.69 Å². The molecule has 13 heteroatoms. The summed E-state index contributed by atoms with van der Waals surface area (Å²) in [5.41, 5.74) is 2.10. The summed E-state index contributed by atoms with van der Waals surface area (Å²) in [4.78, 5) is 4.64. The van der Waals surface area contributed by atoms with Gasteiger partial charge < -0.3 is 0 Å². The molecule has 212 valence electrons. The minimum atomic E-state index is -3.99. The van der Waals surface area contributed by atoms with Crippen LogP contribution in [0.4, 0.5) is 4.39 Å². The Morgan fingerprint density at radius 1 is 0.975 bits per heavy atom. The first-order valence-electron chi connectivity index (χ1n) is 12.0. The van der Waals surface area contributed by atoms with Crippen LogP contribution in [0.3, 0.4) is 0 Å². The molecular formula is C27H26Cl2FN3O4S3. The summed E-state index contributed by atoms with van der Waals surface area (Å²) < 4.78 is 63.8. The summed E-state index contributed by atoms with van der Waals surface area (Å²) in [6, 6.07) is 15.2. The molecule has 0 bridgehead atoms. The minimum Gasteiger partial charge on any atom is -0.291 e. The Hall–Kier alpha value is -2.41. The Balaban J connectivity index is 1.75. The maximum Gasteiger partial charge on any atom is 0.239 e. The van der Waals surface area contributed by atoms with Crippen LogP contribution in [-0.2, 0) is 31.0 Å². The van der Waals surface area contributed by atoms with Gasteiger partial charge in [-0.3, -0.25) is 4.57 Å². The van der Waals surface area contributed by atoms with Gasteiger partial charge in [-0.05, 0) is 59.7 Å². The first-order valence-corrected chi connectivity index (χ1v) is 16.9. The van der Waals surface area contributed by atoms with E-state index in [9.17, 15) is 21.2 Å². The molecule has 7 nitrogen and oxygen atoms in total. The molecule has 0 atom stereocenters. The van der Waals surface area contributed by atoms with Gasteiger partial charge >= 0.3 is 0 Å². The number of thioether (sulfide) groups is 1. The second-order valence-corrected chi connectivity index (χ2v) is 15.1. The van der Waals surface area contributed by atoms with Crippen LogP contribution >= 0.6 is 35.0 Å². The molecule has 0 radical (unpaired) electrons. The average molecular weight is 643 g/mol. The fraction of sp³-hybridized carbons (Fsp3) is 0.222. The van der Waals surface area contributed by atoms with Crippen LogP contribution in [-0.4, -0.2) is 32.1 Å². The molecule has 4 rings (SSSR count). The Morgan fingerprint density at radius 3 is 2.23 bits per heavy atom. The number of primary sulfonamides is 1. The van der Waals surface area contributed by atoms with Crippen molar-refractivity contribution in [1.29, 1.82) is 0 Å². The number of sulfonamides is 1. The lowest BCUT2D eigenvalue weighted by molar-refractivity contribution is 0.588. The van der Waals surface area contributed by atoms with E-state index in [1.54, 1.807) is 43.5 Å². The number of sulfone groups is 1. The van der Waals surface area contributed by atoms with E-state index in [4.69, 9.17) is 28.3 Å². The van der Waals surface area contributed by atoms with E-state index < -0.39 is 31.1 Å². The molecule has 40 heavy (non-hydrogen) atoms. The number of nitrogens with two attached hydrogens (primary N) is 1. The maximum absolute atomic E-state index is 13.8. The predicted octanol–water partition coefficient (Wildman–Crippen LogP) is 6.38. The molecule has 3 aromatic carbocycles. The summed E-state index contributed by atoms with van der Waals surface area (Å²) in [7, 11) is -7.39. The number of halogens is 3. The Bertz CT molecular complexity index is 1790. The van der Waals surface area contributed by atoms with Gasteiger partial charge in [0.05, 0.1) is 27.6 Å². The van der Waals surface area contributed by atoms with Gasteiger partial charge in [-0.25, -0.2) is 31.3 Å². The topological polar surface area (TPSA) is 112 Å². The quantitative estimate of drug-likeness (QED) is 0.212. The molecule has 0 unspecified atom stereocenters. The molecule has 0 saturated heterocycles. The van der Waals surface area contributed by atoms with Crippen LogP contribution < -0.4 is 5.14 Å². The minimum absolute atomic E-state index is 0.00121. The van der Waals surface area contributed by atoms with E-state index in [1.807, 2.05) is 18.4 Å². The van der Waals surface area contributed by atoms with Gasteiger partial charge in [-0.15, -0.1) is 0 Å². The molecule has 0 saturated carbocycles. The summed E-state index contributed by atoms with van der Waals surface area (Å²) in [5, 5.41) is 6.18. The summed E-state index contributed by atoms with van der Waals surface area (Å²) in [5.74, 6) is -0.0302. The molecule has 2 N–H and O–H groups in total. The van der Waals surface area contributed by atoms with Crippen LogP contribution in [0.2, 0.25) is 10.0 Å². The molecule has 0 spiro atoms. The van der Waals surface area contributed by atoms with Crippen molar-refractivity contribution in [3.05, 3.63) is 99.5 Å². The van der Waals surface area contributed by atoms with Crippen molar-refractivity contribution in [1.82, 2.24) is 9.55 Å². The average Bonchev–Trinajstić information content (AvgIpc) is 3.32. The number of aromatic nitrogens is 2. The Morgan fingerprint density at radius 2 is 1.65 bits per heavy atom. The standard InChI is InChI=1S/C27H26Cl2FN3O4S3/c1-4-39(34,35)21-11-5-17(22(28)14-21)16-38-26-32-15-25(33(26)20-9-7-19(30)8-10-20)27(2,3)18-6-12-24(23(29)13-18)40(31,36)37/h5-15H,4,16H2,1-3H3,(H2,31,36,37). The number of benzene rings is 3. The lowest BCUT2D eigenvalue weighted by Crippen LogP contribution is -2.23. The number of nitrogens with zero attached hydrogens (tertiary/aromatic N) is 2. The zero-order chi connectivity index (χ0) is 29.5. The SMILES string of the molecule is CCS(=O)(=O)c1ccc(CSc2ncc(C(C)(C)c3ccc(S(N)(=O)=O)c(Cl)c3)n2-c2ccc(F)cc2)c(Cl)c1. The van der Waals surface area contributed by atoms with Gasteiger partial charge in [0.25, 0.3) is 0 Å². The highest BCUT2D eigenvalue weighted by molar-refractivity contribution is 7.98. The van der Waals surface area contributed by atoms with Gasteiger partial charge in [-0.2, -0.15) is 0 Å². The van der Waals surface area contributed by atoms with Crippen molar-refractivity contribution >= 4 is 54.8 Å². The molecule has 0 aliphatic heterocycles. The highest BCUT2D eigenvalue weighted by atomic mass is 35.5. The molecule has 0 amide bonds. The third kappa shape index (κ3) is 6.24. The summed E-state index contributed by atoms with van der Waals surface area (Å²) >= 11 is 14.1. The van der Waals surface area contributed by atoms with Crippen molar-refractivity contribution in [2.45, 2.75) is 46.9 Å². The third-order valence-corrected chi connectivity index (χ3v) is 11.0. The summed E-state index contributed by atoms with van der Waals surface area (Å²) in [6.45, 7) is 5.44. The van der Waals surface area contributed by atoms with Crippen LogP contribution in [0.15, 0.2) is 81.8 Å². The zero-order valence-electron chi connectivity index (χ0n) is 21.7. The highest BCUT2D eigenvalue weighted by Gasteiger charge is 2.31. The van der Waals surface area contributed by atoms with Gasteiger partial charge in [-0.1, -0.05) is 67.9 Å². The smallest absolute Gasteiger partial charge is 0.239 e. The molecule has 0 aliphatic carbocycles. The predicted molar refractivity (Wildman–Crippen MR) is 157 cm³/mol. The van der Waals surface area contributed by atoms with Gasteiger partial charge in [0.2, 0.25) is 10.0 Å². The lowest BCUT2D eigenvalue weighted by atomic mass is 9.81. The molecule has 0 aliphatic rings. The van der Waals surface area contributed by atoms with E-state index >= 15 is 0 Å². The third-order valence-electron chi connectivity index (χ3n) is 6.54. The number of rotatable bonds is 9. The second-order valence-electron chi connectivity index (χ2n) is 9.50. The Labute approximate surface area is 247 Å². The number of hydrogen-bond donors (Lipinski definition) is 1. The van der Waals surface area contributed by atoms with Crippen LogP contribution in [0.25, 0.3) is 5.69 Å². The van der Waals surface area contributed by atoms with Crippen molar-refractivity contribution in [2.24, 2.45) is 5.14 Å². The molecule has 0 fully saturated rings. The van der Waals surface area contributed by atoms with Gasteiger partial charge in [0.1, 0.15) is 10.7 Å². The second kappa shape index (κ2) is 11.5. The van der Waals surface area contributed by atoms with Crippen LogP contribution in [0.5, 0.6) is 0 Å². The van der Waals surface area contributed by atoms with E-state index in [1.165, 1.54) is 42.1 Å². The molecule has 1 aromatic heterocycles. The van der Waals surface area contributed by atoms with E-state index in [0.29, 0.717) is 27.2 Å². The Kier molecular flexibility index (Phi) is 8.75. The number of imidazole rings is 1. The monoisotopic (exact) mass is 641 g/mol. The van der Waals surface area contributed by atoms with E-state index in [2.05, 4.69) is 4.98 Å². The van der Waals surface area contributed by atoms with E-state index in [-0.39, 0.29) is 20.6 Å².